The second kappa shape index (κ2) is 22.8. The van der Waals surface area contributed by atoms with E-state index >= 15 is 0 Å². The van der Waals surface area contributed by atoms with Crippen LogP contribution in [0, 0.1) is 0 Å². The number of esters is 2. The molecule has 252 valence electrons. The van der Waals surface area contributed by atoms with Crippen LogP contribution in [0.5, 0.6) is 0 Å². The summed E-state index contributed by atoms with van der Waals surface area (Å²) in [7, 11) is 2.15. The number of carbonyl (C=O) groups is 10. The van der Waals surface area contributed by atoms with Gasteiger partial charge in [0.05, 0.1) is 53.5 Å². The molecule has 0 saturated carbocycles. The molecule has 18 heteroatoms. The van der Waals surface area contributed by atoms with Crippen LogP contribution in [-0.2, 0) is 57.4 Å². The van der Waals surface area contributed by atoms with Crippen molar-refractivity contribution in [3.8, 4) is 0 Å². The van der Waals surface area contributed by atoms with E-state index in [4.69, 9.17) is 5.73 Å². The topological polar surface area (TPSA) is 258 Å². The van der Waals surface area contributed by atoms with E-state index in [2.05, 4.69) is 25.4 Å². The van der Waals surface area contributed by atoms with Crippen LogP contribution < -0.4 is 21.7 Å². The molecule has 5 amide bonds. The molecule has 0 aromatic rings. The SMILES string of the molecule is CCCC(=O)CNC(=O)CCC(=O)CN(CC(=O)OC)C(=O)CNC(=O)CCC(=O)CN(CC(=O)OC)C(=O)CNC(=O)CN. The summed E-state index contributed by atoms with van der Waals surface area (Å²) in [5.74, 6) is -6.49. The van der Waals surface area contributed by atoms with Crippen LogP contribution in [0.4, 0.5) is 0 Å². The Hall–Kier alpha value is -4.74. The zero-order valence-corrected chi connectivity index (χ0v) is 25.8. The van der Waals surface area contributed by atoms with Crippen LogP contribution in [0.15, 0.2) is 0 Å². The van der Waals surface area contributed by atoms with Gasteiger partial charge in [0.25, 0.3) is 0 Å². The van der Waals surface area contributed by atoms with Gasteiger partial charge < -0.3 is 41.0 Å². The van der Waals surface area contributed by atoms with Crippen molar-refractivity contribution in [1.29, 1.82) is 0 Å². The lowest BCUT2D eigenvalue weighted by Gasteiger charge is -2.21. The molecule has 0 bridgehead atoms. The summed E-state index contributed by atoms with van der Waals surface area (Å²) in [5, 5.41) is 6.89. The lowest BCUT2D eigenvalue weighted by Crippen LogP contribution is -2.46. The van der Waals surface area contributed by atoms with Gasteiger partial charge in [0.15, 0.2) is 17.3 Å². The van der Waals surface area contributed by atoms with Gasteiger partial charge in [-0.2, -0.15) is 0 Å². The highest BCUT2D eigenvalue weighted by molar-refractivity contribution is 5.95. The Morgan fingerprint density at radius 1 is 0.533 bits per heavy atom. The Kier molecular flexibility index (Phi) is 20.4. The first-order chi connectivity index (χ1) is 21.3. The Morgan fingerprint density at radius 3 is 1.31 bits per heavy atom. The van der Waals surface area contributed by atoms with E-state index in [1.165, 1.54) is 0 Å². The highest BCUT2D eigenvalue weighted by Gasteiger charge is 2.23. The van der Waals surface area contributed by atoms with Crippen LogP contribution in [0.25, 0.3) is 0 Å². The summed E-state index contributed by atoms with van der Waals surface area (Å²) in [6, 6.07) is 0. The van der Waals surface area contributed by atoms with Crippen molar-refractivity contribution in [2.45, 2.75) is 45.4 Å². The molecule has 0 aliphatic rings. The van der Waals surface area contributed by atoms with E-state index in [0.29, 0.717) is 12.8 Å². The minimum atomic E-state index is -0.839. The molecule has 0 heterocycles. The zero-order valence-electron chi connectivity index (χ0n) is 25.8. The molecule has 0 aromatic heterocycles. The van der Waals surface area contributed by atoms with Crippen molar-refractivity contribution >= 4 is 58.8 Å². The van der Waals surface area contributed by atoms with Crippen LogP contribution in [-0.4, -0.2) is 135 Å². The highest BCUT2D eigenvalue weighted by atomic mass is 16.5. The van der Waals surface area contributed by atoms with Crippen molar-refractivity contribution in [2.24, 2.45) is 5.73 Å². The summed E-state index contributed by atoms with van der Waals surface area (Å²) >= 11 is 0. The number of amides is 5. The van der Waals surface area contributed by atoms with Gasteiger partial charge in [-0.15, -0.1) is 0 Å². The number of nitrogens with one attached hydrogen (secondary N) is 3. The number of hydrogen-bond acceptors (Lipinski definition) is 13. The Morgan fingerprint density at radius 2 is 0.933 bits per heavy atom. The minimum absolute atomic E-state index is 0.153. The zero-order chi connectivity index (χ0) is 34.4. The minimum Gasteiger partial charge on any atom is -0.468 e. The monoisotopic (exact) mass is 642 g/mol. The molecule has 0 unspecified atom stereocenters. The molecular formula is C27H42N6O12. The van der Waals surface area contributed by atoms with Crippen LogP contribution in [0.2, 0.25) is 0 Å². The highest BCUT2D eigenvalue weighted by Crippen LogP contribution is 2.01. The number of carbonyl (C=O) groups excluding carboxylic acids is 10. The molecule has 0 saturated heterocycles. The number of methoxy groups -OCH3 is 2. The van der Waals surface area contributed by atoms with E-state index < -0.39 is 98.7 Å². The summed E-state index contributed by atoms with van der Waals surface area (Å²) < 4.78 is 9.04. The maximum Gasteiger partial charge on any atom is 0.325 e. The summed E-state index contributed by atoms with van der Waals surface area (Å²) in [4.78, 5) is 122. The quantitative estimate of drug-likeness (QED) is 0.0786. The fourth-order valence-electron chi connectivity index (χ4n) is 3.38. The molecule has 0 spiro atoms. The first kappa shape index (κ1) is 40.3. The van der Waals surface area contributed by atoms with Gasteiger partial charge in [-0.3, -0.25) is 47.9 Å². The van der Waals surface area contributed by atoms with Gasteiger partial charge >= 0.3 is 11.9 Å². The molecular weight excluding hydrogens is 600 g/mol. The van der Waals surface area contributed by atoms with E-state index in [1.807, 2.05) is 6.92 Å². The van der Waals surface area contributed by atoms with Crippen LogP contribution in [0.1, 0.15) is 45.4 Å². The average molecular weight is 643 g/mol. The standard InChI is InChI=1S/C27H42N6O12/c1-4-5-18(34)11-29-21(37)8-6-19(35)14-32(16-26(42)44-2)24(40)12-30-22(38)9-7-20(36)15-33(17-27(43)45-3)25(41)13-31-23(39)10-28/h4-17,28H2,1-3H3,(H,29,37)(H,30,38)(H,31,39). The third-order valence-electron chi connectivity index (χ3n) is 5.87. The first-order valence-electron chi connectivity index (χ1n) is 14.0. The third-order valence-corrected chi connectivity index (χ3v) is 5.87. The van der Waals surface area contributed by atoms with E-state index in [-0.39, 0.29) is 38.1 Å². The predicted molar refractivity (Wildman–Crippen MR) is 154 cm³/mol. The summed E-state index contributed by atoms with van der Waals surface area (Å²) in [6.45, 7) is -2.19. The van der Waals surface area contributed by atoms with E-state index in [1.54, 1.807) is 0 Å². The van der Waals surface area contributed by atoms with Gasteiger partial charge in [0.2, 0.25) is 29.5 Å². The maximum atomic E-state index is 12.7. The number of rotatable bonds is 23. The summed E-state index contributed by atoms with van der Waals surface area (Å²) in [6.07, 6.45) is -0.352. The lowest BCUT2D eigenvalue weighted by atomic mass is 10.2. The first-order valence-corrected chi connectivity index (χ1v) is 14.0. The molecule has 45 heavy (non-hydrogen) atoms. The van der Waals surface area contributed by atoms with Gasteiger partial charge in [0, 0.05) is 32.1 Å². The second-order valence-corrected chi connectivity index (χ2v) is 9.55. The smallest absolute Gasteiger partial charge is 0.325 e. The Bertz CT molecular complexity index is 1110. The Labute approximate surface area is 260 Å². The fourth-order valence-corrected chi connectivity index (χ4v) is 3.38. The number of hydrogen-bond donors (Lipinski definition) is 4. The number of nitrogens with two attached hydrogens (primary N) is 1. The molecule has 0 aliphatic heterocycles. The molecule has 5 N–H and O–H groups in total. The van der Waals surface area contributed by atoms with Crippen molar-refractivity contribution in [2.75, 3.05) is 66.6 Å². The normalized spacial score (nSPS) is 10.1. The molecule has 18 nitrogen and oxygen atoms in total. The average Bonchev–Trinajstić information content (AvgIpc) is 3.01. The van der Waals surface area contributed by atoms with Gasteiger partial charge in [-0.1, -0.05) is 6.92 Å². The summed E-state index contributed by atoms with van der Waals surface area (Å²) in [5.41, 5.74) is 5.16. The largest absolute Gasteiger partial charge is 0.468 e. The predicted octanol–water partition coefficient (Wildman–Crippen LogP) is -3.64. The van der Waals surface area contributed by atoms with Crippen molar-refractivity contribution < 1.29 is 57.4 Å². The maximum absolute atomic E-state index is 12.7. The van der Waals surface area contributed by atoms with Crippen molar-refractivity contribution in [3.05, 3.63) is 0 Å². The Balaban J connectivity index is 4.93. The van der Waals surface area contributed by atoms with Crippen LogP contribution >= 0.6 is 0 Å². The van der Waals surface area contributed by atoms with Crippen LogP contribution in [0.3, 0.4) is 0 Å². The van der Waals surface area contributed by atoms with E-state index in [9.17, 15) is 47.9 Å². The molecule has 0 rings (SSSR count). The van der Waals surface area contributed by atoms with Gasteiger partial charge in [-0.05, 0) is 6.42 Å². The number of nitrogens with zero attached hydrogens (tertiary/aromatic N) is 2. The van der Waals surface area contributed by atoms with Crippen molar-refractivity contribution in [1.82, 2.24) is 25.8 Å². The number of Topliss-reactive ketones (excluding diaryl/α,β-unsaturated/α-hetero) is 3. The number of ether oxygens (including phenoxy) is 2. The van der Waals surface area contributed by atoms with Gasteiger partial charge in [0.1, 0.15) is 13.1 Å². The lowest BCUT2D eigenvalue weighted by molar-refractivity contribution is -0.148. The fraction of sp³-hybridized carbons (Fsp3) is 0.630. The molecule has 0 aliphatic carbocycles. The number of ketones is 3. The molecule has 0 radical (unpaired) electrons. The van der Waals surface area contributed by atoms with Crippen molar-refractivity contribution in [3.63, 3.8) is 0 Å². The molecule has 0 aromatic carbocycles. The van der Waals surface area contributed by atoms with E-state index in [0.717, 1.165) is 24.0 Å². The third kappa shape index (κ3) is 19.2. The molecule has 0 atom stereocenters. The molecule has 0 fully saturated rings. The van der Waals surface area contributed by atoms with Gasteiger partial charge in [-0.25, -0.2) is 0 Å². The second-order valence-electron chi connectivity index (χ2n) is 9.55.